The van der Waals surface area contributed by atoms with Gasteiger partial charge >= 0.3 is 6.18 Å². The first-order valence-electron chi connectivity index (χ1n) is 4.18. The monoisotopic (exact) mass is 328 g/mol. The van der Waals surface area contributed by atoms with E-state index in [0.717, 1.165) is 6.07 Å². The quantitative estimate of drug-likeness (QED) is 0.535. The lowest BCUT2D eigenvalue weighted by Gasteiger charge is -2.08. The van der Waals surface area contributed by atoms with E-state index in [1.165, 1.54) is 6.07 Å². The molecule has 1 aromatic carbocycles. The maximum Gasteiger partial charge on any atom is 0.451 e. The van der Waals surface area contributed by atoms with Crippen LogP contribution in [0.5, 0.6) is 0 Å². The van der Waals surface area contributed by atoms with Gasteiger partial charge in [-0.25, -0.2) is 14.4 Å². The molecule has 17 heavy (non-hydrogen) atoms. The van der Waals surface area contributed by atoms with E-state index in [1.54, 1.807) is 0 Å². The van der Waals surface area contributed by atoms with Gasteiger partial charge in [-0.05, 0) is 12.1 Å². The Morgan fingerprint density at radius 3 is 2.41 bits per heavy atom. The first-order chi connectivity index (χ1) is 7.79. The Balaban J connectivity index is 2.83. The van der Waals surface area contributed by atoms with Gasteiger partial charge in [0.05, 0.1) is 0 Å². The second-order valence-electron chi connectivity index (χ2n) is 3.12. The van der Waals surface area contributed by atoms with E-state index in [0.29, 0.717) is 4.47 Å². The molecule has 2 nitrogen and oxygen atoms in total. The highest BCUT2D eigenvalue weighted by Crippen LogP contribution is 2.32. The third kappa shape index (κ3) is 2.35. The molecule has 2 aromatic rings. The van der Waals surface area contributed by atoms with E-state index in [-0.39, 0.29) is 5.39 Å². The molecule has 0 aliphatic carbocycles. The zero-order chi connectivity index (χ0) is 12.8. The Kier molecular flexibility index (Phi) is 2.99. The number of hydrogen-bond acceptors (Lipinski definition) is 2. The van der Waals surface area contributed by atoms with E-state index in [1.807, 2.05) is 0 Å². The SMILES string of the molecule is Fc1cc(Br)cc2c(Cl)nc(C(F)(F)F)nc12. The summed E-state index contributed by atoms with van der Waals surface area (Å²) in [6.07, 6.45) is -4.77. The van der Waals surface area contributed by atoms with Crippen molar-refractivity contribution in [2.24, 2.45) is 0 Å². The summed E-state index contributed by atoms with van der Waals surface area (Å²) in [6, 6.07) is 2.35. The lowest BCUT2D eigenvalue weighted by molar-refractivity contribution is -0.144. The summed E-state index contributed by atoms with van der Waals surface area (Å²) in [4.78, 5) is 6.23. The topological polar surface area (TPSA) is 25.8 Å². The largest absolute Gasteiger partial charge is 0.451 e. The highest BCUT2D eigenvalue weighted by molar-refractivity contribution is 9.10. The van der Waals surface area contributed by atoms with Gasteiger partial charge in [-0.3, -0.25) is 0 Å². The molecule has 0 saturated heterocycles. The second-order valence-corrected chi connectivity index (χ2v) is 4.39. The molecule has 8 heteroatoms. The Morgan fingerprint density at radius 2 is 1.82 bits per heavy atom. The predicted molar refractivity (Wildman–Crippen MR) is 57.2 cm³/mol. The van der Waals surface area contributed by atoms with E-state index in [9.17, 15) is 17.6 Å². The lowest BCUT2D eigenvalue weighted by atomic mass is 10.2. The minimum absolute atomic E-state index is 0.0199. The van der Waals surface area contributed by atoms with Gasteiger partial charge in [-0.15, -0.1) is 0 Å². The van der Waals surface area contributed by atoms with Crippen molar-refractivity contribution in [3.8, 4) is 0 Å². The van der Waals surface area contributed by atoms with Crippen LogP contribution in [0.1, 0.15) is 5.82 Å². The molecule has 1 aromatic heterocycles. The molecule has 0 N–H and O–H groups in total. The summed E-state index contributed by atoms with van der Waals surface area (Å²) in [5.74, 6) is -2.36. The highest BCUT2D eigenvalue weighted by atomic mass is 79.9. The van der Waals surface area contributed by atoms with Crippen LogP contribution >= 0.6 is 27.5 Å². The van der Waals surface area contributed by atoms with Gasteiger partial charge in [0.25, 0.3) is 0 Å². The maximum atomic E-state index is 13.4. The third-order valence-corrected chi connectivity index (χ3v) is 2.67. The van der Waals surface area contributed by atoms with Crippen LogP contribution in [0.15, 0.2) is 16.6 Å². The second kappa shape index (κ2) is 4.06. The average Bonchev–Trinajstić information content (AvgIpc) is 2.17. The van der Waals surface area contributed by atoms with Crippen LogP contribution in [0, 0.1) is 5.82 Å². The molecule has 2 rings (SSSR count). The van der Waals surface area contributed by atoms with Crippen molar-refractivity contribution in [2.45, 2.75) is 6.18 Å². The van der Waals surface area contributed by atoms with Gasteiger partial charge < -0.3 is 0 Å². The molecule has 0 amide bonds. The van der Waals surface area contributed by atoms with Crippen molar-refractivity contribution in [3.05, 3.63) is 33.4 Å². The average molecular weight is 329 g/mol. The summed E-state index contributed by atoms with van der Waals surface area (Å²) < 4.78 is 51.0. The van der Waals surface area contributed by atoms with Crippen LogP contribution < -0.4 is 0 Å². The van der Waals surface area contributed by atoms with E-state index >= 15 is 0 Å². The molecule has 0 bridgehead atoms. The van der Waals surface area contributed by atoms with Gasteiger partial charge in [-0.1, -0.05) is 27.5 Å². The van der Waals surface area contributed by atoms with E-state index < -0.39 is 28.5 Å². The Labute approximate surface area is 106 Å². The zero-order valence-electron chi connectivity index (χ0n) is 7.82. The molecular formula is C9H2BrClF4N2. The van der Waals surface area contributed by atoms with Crippen LogP contribution in [0.2, 0.25) is 5.15 Å². The molecule has 0 fully saturated rings. The van der Waals surface area contributed by atoms with Gasteiger partial charge in [0, 0.05) is 9.86 Å². The summed E-state index contributed by atoms with van der Waals surface area (Å²) >= 11 is 8.57. The highest BCUT2D eigenvalue weighted by Gasteiger charge is 2.35. The minimum Gasteiger partial charge on any atom is -0.221 e. The molecule has 0 atom stereocenters. The molecule has 0 spiro atoms. The van der Waals surface area contributed by atoms with Crippen molar-refractivity contribution in [2.75, 3.05) is 0 Å². The number of halogens is 6. The molecule has 0 radical (unpaired) electrons. The Hall–Kier alpha value is -0.950. The van der Waals surface area contributed by atoms with Crippen LogP contribution in [0.25, 0.3) is 10.9 Å². The molecule has 0 saturated carbocycles. The first kappa shape index (κ1) is 12.5. The number of fused-ring (bicyclic) bond motifs is 1. The summed E-state index contributed by atoms with van der Waals surface area (Å²) in [6.45, 7) is 0. The number of rotatable bonds is 0. The number of aromatic nitrogens is 2. The van der Waals surface area contributed by atoms with Crippen LogP contribution in [0.3, 0.4) is 0 Å². The van der Waals surface area contributed by atoms with Crippen molar-refractivity contribution in [1.82, 2.24) is 9.97 Å². The van der Waals surface area contributed by atoms with Crippen LogP contribution in [-0.4, -0.2) is 9.97 Å². The molecule has 0 aliphatic heterocycles. The molecule has 1 heterocycles. The van der Waals surface area contributed by atoms with Crippen LogP contribution in [-0.2, 0) is 6.18 Å². The summed E-state index contributed by atoms with van der Waals surface area (Å²) in [5.41, 5.74) is -0.458. The number of benzene rings is 1. The third-order valence-electron chi connectivity index (χ3n) is 1.93. The molecule has 0 aliphatic rings. The van der Waals surface area contributed by atoms with Crippen LogP contribution in [0.4, 0.5) is 17.6 Å². The Morgan fingerprint density at radius 1 is 1.18 bits per heavy atom. The predicted octanol–water partition coefficient (Wildman–Crippen LogP) is 4.20. The van der Waals surface area contributed by atoms with E-state index in [2.05, 4.69) is 25.9 Å². The van der Waals surface area contributed by atoms with Crippen molar-refractivity contribution >= 4 is 38.4 Å². The van der Waals surface area contributed by atoms with E-state index in [4.69, 9.17) is 11.6 Å². The fraction of sp³-hybridized carbons (Fsp3) is 0.111. The van der Waals surface area contributed by atoms with Gasteiger partial charge in [-0.2, -0.15) is 13.2 Å². The standard InChI is InChI=1S/C9H2BrClF4N2/c10-3-1-4-6(5(12)2-3)16-8(9(13,14)15)17-7(4)11/h1-2H. The zero-order valence-corrected chi connectivity index (χ0v) is 10.2. The summed E-state index contributed by atoms with van der Waals surface area (Å²) in [7, 11) is 0. The van der Waals surface area contributed by atoms with Gasteiger partial charge in [0.2, 0.25) is 5.82 Å². The maximum absolute atomic E-state index is 13.4. The number of hydrogen-bond donors (Lipinski definition) is 0. The van der Waals surface area contributed by atoms with Crippen molar-refractivity contribution < 1.29 is 17.6 Å². The minimum atomic E-state index is -4.77. The smallest absolute Gasteiger partial charge is 0.221 e. The normalized spacial score (nSPS) is 12.1. The molecule has 90 valence electrons. The molecule has 0 unspecified atom stereocenters. The summed E-state index contributed by atoms with van der Waals surface area (Å²) in [5, 5.41) is -0.422. The number of nitrogens with zero attached hydrogens (tertiary/aromatic N) is 2. The Bertz CT molecular complexity index is 600. The molecular weight excluding hydrogens is 327 g/mol. The first-order valence-corrected chi connectivity index (χ1v) is 5.35. The van der Waals surface area contributed by atoms with Crippen molar-refractivity contribution in [3.63, 3.8) is 0 Å². The fourth-order valence-corrected chi connectivity index (χ4v) is 1.90. The van der Waals surface area contributed by atoms with Gasteiger partial charge in [0.15, 0.2) is 5.82 Å². The fourth-order valence-electron chi connectivity index (χ4n) is 1.25. The number of alkyl halides is 3. The lowest BCUT2D eigenvalue weighted by Crippen LogP contribution is -2.11. The van der Waals surface area contributed by atoms with Crippen molar-refractivity contribution in [1.29, 1.82) is 0 Å². The van der Waals surface area contributed by atoms with Gasteiger partial charge in [0.1, 0.15) is 10.7 Å².